The van der Waals surface area contributed by atoms with Crippen LogP contribution in [0.5, 0.6) is 0 Å². The molecule has 2 aliphatic rings. The molecule has 0 aromatic heterocycles. The second-order valence-electron chi connectivity index (χ2n) is 4.41. The monoisotopic (exact) mass is 204 g/mol. The van der Waals surface area contributed by atoms with Gasteiger partial charge in [0, 0.05) is 24.7 Å². The van der Waals surface area contributed by atoms with Crippen molar-refractivity contribution < 1.29 is 23.6 Å². The maximum atomic E-state index is 12.7. The summed E-state index contributed by atoms with van der Waals surface area (Å²) in [7, 11) is -1.50. The molecule has 0 amide bonds. The second kappa shape index (κ2) is 2.76. The minimum absolute atomic E-state index is 0.0296. The molecule has 0 saturated heterocycles. The third-order valence-electron chi connectivity index (χ3n) is 3.41. The van der Waals surface area contributed by atoms with E-state index in [0.29, 0.717) is 0 Å². The number of carbonyl (C=O) groups is 1. The molecule has 0 heterocycles. The Morgan fingerprint density at radius 3 is 2.36 bits per heavy atom. The van der Waals surface area contributed by atoms with Crippen molar-refractivity contribution in [3.8, 4) is 0 Å². The molecule has 78 valence electrons. The lowest BCUT2D eigenvalue weighted by molar-refractivity contribution is -0.210. The molecule has 6 heteroatoms. The minimum Gasteiger partial charge on any atom is -0.427 e. The molecule has 2 N–H and O–H groups in total. The van der Waals surface area contributed by atoms with Crippen molar-refractivity contribution in [1.82, 2.24) is 0 Å². The second-order valence-corrected chi connectivity index (χ2v) is 4.41. The summed E-state index contributed by atoms with van der Waals surface area (Å²) in [5, 5.41) is 17.4. The predicted octanol–water partition coefficient (Wildman–Crippen LogP) is 0.464. The summed E-state index contributed by atoms with van der Waals surface area (Å²) in [5.74, 6) is -3.14. The predicted molar refractivity (Wildman–Crippen MR) is 44.7 cm³/mol. The Balaban J connectivity index is 2.01. The topological polar surface area (TPSA) is 57.5 Å². The highest BCUT2D eigenvalue weighted by Crippen LogP contribution is 2.64. The highest BCUT2D eigenvalue weighted by molar-refractivity contribution is 6.41. The van der Waals surface area contributed by atoms with E-state index in [-0.39, 0.29) is 24.4 Å². The first-order valence-electron chi connectivity index (χ1n) is 4.63. The van der Waals surface area contributed by atoms with E-state index in [4.69, 9.17) is 10.0 Å². The van der Waals surface area contributed by atoms with E-state index < -0.39 is 31.3 Å². The van der Waals surface area contributed by atoms with Crippen LogP contribution in [0.4, 0.5) is 8.78 Å². The van der Waals surface area contributed by atoms with Gasteiger partial charge in [0.05, 0.1) is 0 Å². The Hall–Kier alpha value is -0.485. The molecule has 1 unspecified atom stereocenters. The molecule has 2 aliphatic carbocycles. The Labute approximate surface area is 80.3 Å². The molecule has 14 heavy (non-hydrogen) atoms. The first-order valence-corrected chi connectivity index (χ1v) is 4.63. The Bertz CT molecular complexity index is 272. The summed E-state index contributed by atoms with van der Waals surface area (Å²) >= 11 is 0. The van der Waals surface area contributed by atoms with Crippen LogP contribution < -0.4 is 0 Å². The number of hydrogen-bond donors (Lipinski definition) is 2. The van der Waals surface area contributed by atoms with E-state index in [1.165, 1.54) is 0 Å². The Kier molecular flexibility index (Phi) is 1.98. The molecule has 0 aromatic carbocycles. The number of ketones is 1. The Morgan fingerprint density at radius 2 is 2.00 bits per heavy atom. The van der Waals surface area contributed by atoms with Crippen LogP contribution in [0.25, 0.3) is 0 Å². The SMILES string of the molecule is O=C1CC(CB(O)O)C12CC(F)(F)C2. The molecular weight excluding hydrogens is 193 g/mol. The zero-order valence-electron chi connectivity index (χ0n) is 7.54. The molecular formula is C8H11BF2O3. The van der Waals surface area contributed by atoms with Crippen molar-refractivity contribution in [2.75, 3.05) is 0 Å². The van der Waals surface area contributed by atoms with Crippen LogP contribution in [0.1, 0.15) is 19.3 Å². The van der Waals surface area contributed by atoms with Crippen molar-refractivity contribution in [1.29, 1.82) is 0 Å². The van der Waals surface area contributed by atoms with Crippen LogP contribution in [0.2, 0.25) is 6.32 Å². The first-order chi connectivity index (χ1) is 6.36. The smallest absolute Gasteiger partial charge is 0.427 e. The van der Waals surface area contributed by atoms with E-state index in [9.17, 15) is 13.6 Å². The van der Waals surface area contributed by atoms with Crippen molar-refractivity contribution in [3.63, 3.8) is 0 Å². The minimum atomic E-state index is -2.73. The van der Waals surface area contributed by atoms with Gasteiger partial charge in [0.25, 0.3) is 0 Å². The van der Waals surface area contributed by atoms with Crippen LogP contribution >= 0.6 is 0 Å². The van der Waals surface area contributed by atoms with Gasteiger partial charge >= 0.3 is 7.12 Å². The number of rotatable bonds is 2. The average molecular weight is 204 g/mol. The zero-order valence-corrected chi connectivity index (χ0v) is 7.54. The first kappa shape index (κ1) is 10.0. The van der Waals surface area contributed by atoms with Gasteiger partial charge in [-0.15, -0.1) is 0 Å². The summed E-state index contributed by atoms with van der Waals surface area (Å²) in [4.78, 5) is 11.2. The highest BCUT2D eigenvalue weighted by atomic mass is 19.3. The quantitative estimate of drug-likeness (QED) is 0.642. The van der Waals surface area contributed by atoms with Gasteiger partial charge in [0.2, 0.25) is 5.92 Å². The summed E-state index contributed by atoms with van der Waals surface area (Å²) in [6.07, 6.45) is -0.568. The summed E-state index contributed by atoms with van der Waals surface area (Å²) in [5.41, 5.74) is -0.923. The molecule has 0 bridgehead atoms. The number of halogens is 2. The maximum Gasteiger partial charge on any atom is 0.451 e. The van der Waals surface area contributed by atoms with Crippen LogP contribution in [0.15, 0.2) is 0 Å². The Morgan fingerprint density at radius 1 is 1.43 bits per heavy atom. The van der Waals surface area contributed by atoms with Crippen LogP contribution in [0, 0.1) is 11.3 Å². The molecule has 2 fully saturated rings. The average Bonchev–Trinajstić information content (AvgIpc) is 1.98. The van der Waals surface area contributed by atoms with Crippen LogP contribution in [-0.2, 0) is 4.79 Å². The molecule has 0 radical (unpaired) electrons. The summed E-state index contributed by atoms with van der Waals surface area (Å²) < 4.78 is 25.3. The van der Waals surface area contributed by atoms with Gasteiger partial charge in [-0.3, -0.25) is 4.79 Å². The van der Waals surface area contributed by atoms with Crippen LogP contribution in [0.3, 0.4) is 0 Å². The van der Waals surface area contributed by atoms with Crippen molar-refractivity contribution in [2.45, 2.75) is 31.5 Å². The molecule has 2 saturated carbocycles. The molecule has 0 aromatic rings. The number of carbonyl (C=O) groups excluding carboxylic acids is 1. The lowest BCUT2D eigenvalue weighted by atomic mass is 9.44. The molecule has 1 atom stereocenters. The zero-order chi connectivity index (χ0) is 10.6. The van der Waals surface area contributed by atoms with Crippen molar-refractivity contribution in [3.05, 3.63) is 0 Å². The van der Waals surface area contributed by atoms with Crippen LogP contribution in [-0.4, -0.2) is 28.9 Å². The molecule has 1 spiro atoms. The molecule has 0 aliphatic heterocycles. The summed E-state index contributed by atoms with van der Waals surface area (Å²) in [6.45, 7) is 0. The van der Waals surface area contributed by atoms with Gasteiger partial charge in [0.1, 0.15) is 5.78 Å². The fraction of sp³-hybridized carbons (Fsp3) is 0.875. The van der Waals surface area contributed by atoms with E-state index in [2.05, 4.69) is 0 Å². The standard InChI is InChI=1S/C8H11BF2O3/c10-8(11)3-7(4-8)5(1-6(7)12)2-9(13)14/h5,13-14H,1-4H2. The molecule has 2 rings (SSSR count). The van der Waals surface area contributed by atoms with E-state index >= 15 is 0 Å². The van der Waals surface area contributed by atoms with Gasteiger partial charge in [0.15, 0.2) is 0 Å². The van der Waals surface area contributed by atoms with Gasteiger partial charge < -0.3 is 10.0 Å². The summed E-state index contributed by atoms with van der Waals surface area (Å²) in [6, 6.07) is 0. The lowest BCUT2D eigenvalue weighted by Crippen LogP contribution is -2.62. The fourth-order valence-electron chi connectivity index (χ4n) is 2.64. The van der Waals surface area contributed by atoms with E-state index in [0.717, 1.165) is 0 Å². The normalized spacial score (nSPS) is 32.3. The van der Waals surface area contributed by atoms with Crippen molar-refractivity contribution >= 4 is 12.9 Å². The highest BCUT2D eigenvalue weighted by Gasteiger charge is 2.68. The van der Waals surface area contributed by atoms with Gasteiger partial charge in [-0.2, -0.15) is 0 Å². The van der Waals surface area contributed by atoms with E-state index in [1.54, 1.807) is 0 Å². The van der Waals surface area contributed by atoms with Gasteiger partial charge in [-0.1, -0.05) is 0 Å². The van der Waals surface area contributed by atoms with Gasteiger partial charge in [-0.05, 0) is 12.2 Å². The fourth-order valence-corrected chi connectivity index (χ4v) is 2.64. The number of hydrogen-bond acceptors (Lipinski definition) is 3. The number of alkyl halides is 2. The van der Waals surface area contributed by atoms with Crippen molar-refractivity contribution in [2.24, 2.45) is 11.3 Å². The number of Topliss-reactive ketones (excluding diaryl/α,β-unsaturated/α-hetero) is 1. The molecule has 3 nitrogen and oxygen atoms in total. The third-order valence-corrected chi connectivity index (χ3v) is 3.41. The van der Waals surface area contributed by atoms with E-state index in [1.807, 2.05) is 0 Å². The third kappa shape index (κ3) is 1.28. The van der Waals surface area contributed by atoms with Gasteiger partial charge in [-0.25, -0.2) is 8.78 Å². The lowest BCUT2D eigenvalue weighted by Gasteiger charge is -2.57. The largest absolute Gasteiger partial charge is 0.451 e. The maximum absolute atomic E-state index is 12.7.